The Morgan fingerprint density at radius 1 is 0.500 bits per heavy atom. The molecule has 0 fully saturated rings. The summed E-state index contributed by atoms with van der Waals surface area (Å²) in [6, 6.07) is 0. The molecule has 0 rings (SSSR count). The zero-order chi connectivity index (χ0) is 30.8. The van der Waals surface area contributed by atoms with Gasteiger partial charge in [-0.3, -0.25) is 9.59 Å². The third kappa shape index (κ3) is 33.2. The molecule has 0 aliphatic carbocycles. The summed E-state index contributed by atoms with van der Waals surface area (Å²) in [7, 11) is 0. The number of ether oxygens (including phenoxy) is 1. The third-order valence-corrected chi connectivity index (χ3v) is 8.49. The van der Waals surface area contributed by atoms with Gasteiger partial charge in [-0.1, -0.05) is 148 Å². The highest BCUT2D eigenvalue weighted by molar-refractivity contribution is 5.69. The van der Waals surface area contributed by atoms with E-state index in [1.165, 1.54) is 128 Å². The maximum atomic E-state index is 12.6. The summed E-state index contributed by atoms with van der Waals surface area (Å²) < 4.78 is 5.96. The highest BCUT2D eigenvalue weighted by Crippen LogP contribution is 2.19. The molecule has 0 aromatic rings. The number of esters is 1. The van der Waals surface area contributed by atoms with Gasteiger partial charge >= 0.3 is 11.9 Å². The summed E-state index contributed by atoms with van der Waals surface area (Å²) in [5.74, 6) is -0.727. The average Bonchev–Trinajstić information content (AvgIpc) is 2.97. The summed E-state index contributed by atoms with van der Waals surface area (Å²) in [6.07, 6.45) is 40.8. The van der Waals surface area contributed by atoms with E-state index in [0.29, 0.717) is 6.42 Å². The Kier molecular flexibility index (Phi) is 33.1. The van der Waals surface area contributed by atoms with Crippen molar-refractivity contribution in [3.05, 3.63) is 12.2 Å². The minimum atomic E-state index is -0.709. The maximum absolute atomic E-state index is 12.6. The van der Waals surface area contributed by atoms with Crippen molar-refractivity contribution in [1.29, 1.82) is 0 Å². The second kappa shape index (κ2) is 34.2. The van der Waals surface area contributed by atoms with Gasteiger partial charge in [0.15, 0.2) is 0 Å². The van der Waals surface area contributed by atoms with E-state index < -0.39 is 5.97 Å². The molecular weight excluding hydrogens is 520 g/mol. The van der Waals surface area contributed by atoms with Crippen LogP contribution in [0.25, 0.3) is 0 Å². The van der Waals surface area contributed by atoms with Crippen LogP contribution in [-0.2, 0) is 14.3 Å². The van der Waals surface area contributed by atoms with E-state index in [1.54, 1.807) is 0 Å². The van der Waals surface area contributed by atoms with Crippen molar-refractivity contribution in [2.75, 3.05) is 0 Å². The summed E-state index contributed by atoms with van der Waals surface area (Å²) in [5, 5.41) is 8.83. The molecule has 0 saturated carbocycles. The number of rotatable bonds is 34. The van der Waals surface area contributed by atoms with Crippen LogP contribution >= 0.6 is 0 Å². The molecule has 1 atom stereocenters. The summed E-state index contributed by atoms with van der Waals surface area (Å²) in [4.78, 5) is 23.3. The normalized spacial score (nSPS) is 12.2. The van der Waals surface area contributed by atoms with E-state index >= 15 is 0 Å². The van der Waals surface area contributed by atoms with E-state index in [-0.39, 0.29) is 18.5 Å². The van der Waals surface area contributed by atoms with Crippen LogP contribution in [0.3, 0.4) is 0 Å². The number of carboxylic acid groups (broad SMARTS) is 1. The van der Waals surface area contributed by atoms with Gasteiger partial charge in [0.1, 0.15) is 6.10 Å². The molecule has 1 unspecified atom stereocenters. The molecule has 4 heteroatoms. The molecule has 0 spiro atoms. The molecule has 42 heavy (non-hydrogen) atoms. The standard InChI is InChI=1S/C38H72O4/c1-3-5-7-9-11-13-15-17-19-21-23-25-31-35-38(41)42-36(33-29-26-27-30-34-37(39)40)32-28-24-22-20-18-16-14-12-10-8-6-4-2/h13,15,36H,3-12,14,16-35H2,1-2H3,(H,39,40)/b15-13-. The first-order valence-corrected chi connectivity index (χ1v) is 18.7. The van der Waals surface area contributed by atoms with Gasteiger partial charge in [-0.2, -0.15) is 0 Å². The Balaban J connectivity index is 4.01. The lowest BCUT2D eigenvalue weighted by molar-refractivity contribution is -0.150. The highest BCUT2D eigenvalue weighted by Gasteiger charge is 2.14. The molecular formula is C38H72O4. The second-order valence-electron chi connectivity index (χ2n) is 12.8. The SMILES string of the molecule is CCCCCC/C=C\CCCCCCCC(=O)OC(CCCCCCCCCCCCCC)CCCCCCC(=O)O. The van der Waals surface area contributed by atoms with Crippen LogP contribution in [0.15, 0.2) is 12.2 Å². The van der Waals surface area contributed by atoms with Gasteiger partial charge in [-0.15, -0.1) is 0 Å². The van der Waals surface area contributed by atoms with Crippen LogP contribution in [0.1, 0.15) is 213 Å². The van der Waals surface area contributed by atoms with E-state index in [4.69, 9.17) is 9.84 Å². The molecule has 248 valence electrons. The summed E-state index contributed by atoms with van der Waals surface area (Å²) >= 11 is 0. The van der Waals surface area contributed by atoms with Gasteiger partial charge in [0.05, 0.1) is 0 Å². The van der Waals surface area contributed by atoms with Gasteiger partial charge in [0.2, 0.25) is 0 Å². The lowest BCUT2D eigenvalue weighted by Crippen LogP contribution is -2.18. The number of allylic oxidation sites excluding steroid dienone is 2. The molecule has 0 aliphatic rings. The molecule has 0 aliphatic heterocycles. The van der Waals surface area contributed by atoms with Crippen molar-refractivity contribution in [2.45, 2.75) is 219 Å². The van der Waals surface area contributed by atoms with Crippen molar-refractivity contribution >= 4 is 11.9 Å². The molecule has 1 N–H and O–H groups in total. The molecule has 0 amide bonds. The molecule has 4 nitrogen and oxygen atoms in total. The van der Waals surface area contributed by atoms with Crippen molar-refractivity contribution < 1.29 is 19.4 Å². The van der Waals surface area contributed by atoms with Crippen LogP contribution in [-0.4, -0.2) is 23.1 Å². The number of hydrogen-bond donors (Lipinski definition) is 1. The minimum absolute atomic E-state index is 0.0178. The second-order valence-corrected chi connectivity index (χ2v) is 12.8. The Hall–Kier alpha value is -1.32. The number of aliphatic carboxylic acids is 1. The molecule has 0 bridgehead atoms. The van der Waals surface area contributed by atoms with Gasteiger partial charge in [0.25, 0.3) is 0 Å². The van der Waals surface area contributed by atoms with Crippen LogP contribution in [0.5, 0.6) is 0 Å². The van der Waals surface area contributed by atoms with Crippen LogP contribution in [0, 0.1) is 0 Å². The van der Waals surface area contributed by atoms with Crippen molar-refractivity contribution in [3.63, 3.8) is 0 Å². The lowest BCUT2D eigenvalue weighted by Gasteiger charge is -2.18. The number of carboxylic acids is 1. The highest BCUT2D eigenvalue weighted by atomic mass is 16.5. The van der Waals surface area contributed by atoms with Crippen molar-refractivity contribution in [1.82, 2.24) is 0 Å². The first kappa shape index (κ1) is 40.7. The number of unbranched alkanes of at least 4 members (excludes halogenated alkanes) is 23. The molecule has 0 aromatic heterocycles. The van der Waals surface area contributed by atoms with E-state index in [1.807, 2.05) is 0 Å². The fourth-order valence-corrected chi connectivity index (χ4v) is 5.71. The van der Waals surface area contributed by atoms with Crippen molar-refractivity contribution in [3.8, 4) is 0 Å². The van der Waals surface area contributed by atoms with Gasteiger partial charge in [0, 0.05) is 12.8 Å². The fourth-order valence-electron chi connectivity index (χ4n) is 5.71. The molecule has 0 saturated heterocycles. The molecule has 0 radical (unpaired) electrons. The number of hydrogen-bond acceptors (Lipinski definition) is 3. The smallest absolute Gasteiger partial charge is 0.306 e. The number of carbonyl (C=O) groups excluding carboxylic acids is 1. The third-order valence-electron chi connectivity index (χ3n) is 8.49. The number of carbonyl (C=O) groups is 2. The lowest BCUT2D eigenvalue weighted by atomic mass is 10.0. The minimum Gasteiger partial charge on any atom is -0.481 e. The Morgan fingerprint density at radius 3 is 1.31 bits per heavy atom. The zero-order valence-corrected chi connectivity index (χ0v) is 28.3. The van der Waals surface area contributed by atoms with Gasteiger partial charge < -0.3 is 9.84 Å². The Labute approximate surface area is 262 Å². The van der Waals surface area contributed by atoms with E-state index in [2.05, 4.69) is 26.0 Å². The largest absolute Gasteiger partial charge is 0.481 e. The average molecular weight is 593 g/mol. The predicted octanol–water partition coefficient (Wildman–Crippen LogP) is 12.7. The van der Waals surface area contributed by atoms with E-state index in [0.717, 1.165) is 57.8 Å². The molecule has 0 heterocycles. The quantitative estimate of drug-likeness (QED) is 0.0458. The first-order chi connectivity index (χ1) is 20.6. The van der Waals surface area contributed by atoms with Crippen LogP contribution in [0.4, 0.5) is 0 Å². The Bertz CT molecular complexity index is 600. The monoisotopic (exact) mass is 593 g/mol. The fraction of sp³-hybridized carbons (Fsp3) is 0.895. The zero-order valence-electron chi connectivity index (χ0n) is 28.3. The summed E-state index contributed by atoms with van der Waals surface area (Å²) in [5.41, 5.74) is 0. The first-order valence-electron chi connectivity index (χ1n) is 18.7. The van der Waals surface area contributed by atoms with Gasteiger partial charge in [-0.25, -0.2) is 0 Å². The molecule has 0 aromatic carbocycles. The van der Waals surface area contributed by atoms with Gasteiger partial charge in [-0.05, 0) is 64.2 Å². The topological polar surface area (TPSA) is 63.6 Å². The predicted molar refractivity (Wildman–Crippen MR) is 181 cm³/mol. The van der Waals surface area contributed by atoms with Crippen LogP contribution in [0.2, 0.25) is 0 Å². The van der Waals surface area contributed by atoms with E-state index in [9.17, 15) is 9.59 Å². The van der Waals surface area contributed by atoms with Crippen molar-refractivity contribution in [2.24, 2.45) is 0 Å². The maximum Gasteiger partial charge on any atom is 0.306 e. The summed E-state index contributed by atoms with van der Waals surface area (Å²) in [6.45, 7) is 4.53. The van der Waals surface area contributed by atoms with Crippen LogP contribution < -0.4 is 0 Å². The Morgan fingerprint density at radius 2 is 0.857 bits per heavy atom.